The molecule has 0 saturated heterocycles. The van der Waals surface area contributed by atoms with E-state index in [0.717, 1.165) is 21.9 Å². The molecule has 3 N–H and O–H groups in total. The molecular weight excluding hydrogens is 316 g/mol. The van der Waals surface area contributed by atoms with Gasteiger partial charge in [0.25, 0.3) is 0 Å². The molecule has 0 radical (unpaired) electrons. The molecule has 0 aliphatic heterocycles. The Morgan fingerprint density at radius 2 is 1.68 bits per heavy atom. The van der Waals surface area contributed by atoms with Gasteiger partial charge in [-0.25, -0.2) is 10.3 Å². The van der Waals surface area contributed by atoms with Crippen LogP contribution >= 0.6 is 0 Å². The highest BCUT2D eigenvalue weighted by Crippen LogP contribution is 2.20. The summed E-state index contributed by atoms with van der Waals surface area (Å²) in [4.78, 5) is 16.9. The molecule has 3 aromatic rings. The maximum absolute atomic E-state index is 11.7. The Kier molecular flexibility index (Phi) is 5.61. The number of aliphatic hydroxyl groups is 1. The smallest absolute Gasteiger partial charge is 0.338 e. The van der Waals surface area contributed by atoms with Crippen LogP contribution in [0, 0.1) is 0 Å². The molecule has 0 aromatic heterocycles. The van der Waals surface area contributed by atoms with Crippen LogP contribution in [0.3, 0.4) is 0 Å². The molecule has 0 spiro atoms. The van der Waals surface area contributed by atoms with Crippen molar-refractivity contribution < 1.29 is 14.7 Å². The van der Waals surface area contributed by atoms with Crippen molar-refractivity contribution in [1.82, 2.24) is 10.8 Å². The second-order valence-electron chi connectivity index (χ2n) is 5.71. The van der Waals surface area contributed by atoms with E-state index in [1.165, 1.54) is 0 Å². The first-order valence-electron chi connectivity index (χ1n) is 8.09. The van der Waals surface area contributed by atoms with E-state index in [2.05, 4.69) is 10.8 Å². The largest absolute Gasteiger partial charge is 0.387 e. The summed E-state index contributed by atoms with van der Waals surface area (Å²) >= 11 is 0. The predicted molar refractivity (Wildman–Crippen MR) is 96.7 cm³/mol. The van der Waals surface area contributed by atoms with Crippen molar-refractivity contribution in [3.05, 3.63) is 83.9 Å². The summed E-state index contributed by atoms with van der Waals surface area (Å²) in [5, 5.41) is 15.0. The summed E-state index contributed by atoms with van der Waals surface area (Å²) in [6.07, 6.45) is -0.788. The molecule has 5 nitrogen and oxygen atoms in total. The normalized spacial score (nSPS) is 11.9. The topological polar surface area (TPSA) is 70.6 Å². The monoisotopic (exact) mass is 336 g/mol. The average Bonchev–Trinajstić information content (AvgIpc) is 2.66. The third kappa shape index (κ3) is 4.79. The number of benzene rings is 3. The van der Waals surface area contributed by atoms with Crippen LogP contribution in [0.5, 0.6) is 0 Å². The van der Waals surface area contributed by atoms with Crippen LogP contribution in [-0.4, -0.2) is 17.7 Å². The average molecular weight is 336 g/mol. The fourth-order valence-corrected chi connectivity index (χ4v) is 2.52. The van der Waals surface area contributed by atoms with Gasteiger partial charge in [-0.1, -0.05) is 66.7 Å². The van der Waals surface area contributed by atoms with Crippen LogP contribution in [0.2, 0.25) is 0 Å². The Labute approximate surface area is 146 Å². The SMILES string of the molecule is O=C(NCC(O)c1ccc2ccccc2c1)NOCc1ccccc1. The van der Waals surface area contributed by atoms with Crippen LogP contribution in [0.4, 0.5) is 4.79 Å². The maximum atomic E-state index is 11.7. The number of urea groups is 1. The molecule has 5 heteroatoms. The number of hydrogen-bond donors (Lipinski definition) is 3. The number of amides is 2. The Morgan fingerprint density at radius 3 is 2.48 bits per heavy atom. The second kappa shape index (κ2) is 8.28. The second-order valence-corrected chi connectivity index (χ2v) is 5.71. The molecule has 25 heavy (non-hydrogen) atoms. The van der Waals surface area contributed by atoms with Crippen LogP contribution in [0.15, 0.2) is 72.8 Å². The molecule has 0 aliphatic rings. The lowest BCUT2D eigenvalue weighted by atomic mass is 10.0. The summed E-state index contributed by atoms with van der Waals surface area (Å²) in [7, 11) is 0. The van der Waals surface area contributed by atoms with Gasteiger partial charge >= 0.3 is 6.03 Å². The molecule has 3 rings (SSSR count). The number of fused-ring (bicyclic) bond motifs is 1. The molecule has 0 bridgehead atoms. The first-order valence-corrected chi connectivity index (χ1v) is 8.09. The standard InChI is InChI=1S/C20H20N2O3/c23-19(18-11-10-16-8-4-5-9-17(16)12-18)13-21-20(24)22-25-14-15-6-2-1-3-7-15/h1-12,19,23H,13-14H2,(H2,21,22,24). The molecular formula is C20H20N2O3. The van der Waals surface area contributed by atoms with E-state index in [9.17, 15) is 9.90 Å². The zero-order valence-corrected chi connectivity index (χ0v) is 13.7. The Balaban J connectivity index is 1.46. The van der Waals surface area contributed by atoms with Gasteiger partial charge in [0.05, 0.1) is 12.7 Å². The van der Waals surface area contributed by atoms with Gasteiger partial charge in [0, 0.05) is 6.54 Å². The first kappa shape index (κ1) is 17.0. The zero-order chi connectivity index (χ0) is 17.5. The van der Waals surface area contributed by atoms with Crippen molar-refractivity contribution in [3.63, 3.8) is 0 Å². The van der Waals surface area contributed by atoms with Crippen LogP contribution < -0.4 is 10.8 Å². The van der Waals surface area contributed by atoms with Crippen molar-refractivity contribution >= 4 is 16.8 Å². The first-order chi connectivity index (χ1) is 12.2. The Bertz CT molecular complexity index is 836. The number of hydrogen-bond acceptors (Lipinski definition) is 3. The van der Waals surface area contributed by atoms with Gasteiger partial charge in [-0.2, -0.15) is 0 Å². The van der Waals surface area contributed by atoms with Gasteiger partial charge in [-0.3, -0.25) is 4.84 Å². The number of carbonyl (C=O) groups is 1. The minimum atomic E-state index is -0.788. The van der Waals surface area contributed by atoms with Gasteiger partial charge in [0.1, 0.15) is 0 Å². The highest BCUT2D eigenvalue weighted by atomic mass is 16.7. The van der Waals surface area contributed by atoms with Crippen LogP contribution in [0.1, 0.15) is 17.2 Å². The van der Waals surface area contributed by atoms with E-state index in [4.69, 9.17) is 4.84 Å². The van der Waals surface area contributed by atoms with Crippen molar-refractivity contribution in [3.8, 4) is 0 Å². The number of hydroxylamine groups is 1. The summed E-state index contributed by atoms with van der Waals surface area (Å²) in [5.74, 6) is 0. The molecule has 1 atom stereocenters. The molecule has 0 aliphatic carbocycles. The molecule has 0 heterocycles. The lowest BCUT2D eigenvalue weighted by molar-refractivity contribution is 0.0477. The minimum Gasteiger partial charge on any atom is -0.387 e. The number of nitrogens with one attached hydrogen (secondary N) is 2. The van der Waals surface area contributed by atoms with Crippen LogP contribution in [-0.2, 0) is 11.4 Å². The molecule has 2 amide bonds. The third-order valence-corrected chi connectivity index (χ3v) is 3.86. The lowest BCUT2D eigenvalue weighted by Crippen LogP contribution is -2.37. The molecule has 3 aromatic carbocycles. The van der Waals surface area contributed by atoms with E-state index in [1.54, 1.807) is 0 Å². The van der Waals surface area contributed by atoms with Crippen LogP contribution in [0.25, 0.3) is 10.8 Å². The summed E-state index contributed by atoms with van der Waals surface area (Å²) < 4.78 is 0. The van der Waals surface area contributed by atoms with E-state index >= 15 is 0 Å². The molecule has 128 valence electrons. The van der Waals surface area contributed by atoms with Crippen molar-refractivity contribution in [1.29, 1.82) is 0 Å². The lowest BCUT2D eigenvalue weighted by Gasteiger charge is -2.13. The van der Waals surface area contributed by atoms with Gasteiger partial charge < -0.3 is 10.4 Å². The van der Waals surface area contributed by atoms with Crippen molar-refractivity contribution in [2.24, 2.45) is 0 Å². The quantitative estimate of drug-likeness (QED) is 0.605. The fraction of sp³-hybridized carbons (Fsp3) is 0.150. The van der Waals surface area contributed by atoms with Gasteiger partial charge in [-0.05, 0) is 28.0 Å². The summed E-state index contributed by atoms with van der Waals surface area (Å²) in [5.41, 5.74) is 4.02. The number of rotatable bonds is 6. The van der Waals surface area contributed by atoms with Crippen molar-refractivity contribution in [2.75, 3.05) is 6.54 Å². The zero-order valence-electron chi connectivity index (χ0n) is 13.7. The predicted octanol–water partition coefficient (Wildman–Crippen LogP) is 3.30. The van der Waals surface area contributed by atoms with E-state index in [-0.39, 0.29) is 13.2 Å². The van der Waals surface area contributed by atoms with Gasteiger partial charge in [0.2, 0.25) is 0 Å². The van der Waals surface area contributed by atoms with Gasteiger partial charge in [-0.15, -0.1) is 0 Å². The molecule has 0 fully saturated rings. The van der Waals surface area contributed by atoms with Crippen molar-refractivity contribution in [2.45, 2.75) is 12.7 Å². The number of aliphatic hydroxyl groups excluding tert-OH is 1. The Morgan fingerprint density at radius 1 is 0.960 bits per heavy atom. The summed E-state index contributed by atoms with van der Waals surface area (Å²) in [6.45, 7) is 0.375. The molecule has 0 saturated carbocycles. The van der Waals surface area contributed by atoms with E-state index < -0.39 is 12.1 Å². The highest BCUT2D eigenvalue weighted by molar-refractivity contribution is 5.83. The van der Waals surface area contributed by atoms with E-state index in [1.807, 2.05) is 72.8 Å². The molecule has 1 unspecified atom stereocenters. The maximum Gasteiger partial charge on any atom is 0.338 e. The minimum absolute atomic E-state index is 0.0961. The third-order valence-electron chi connectivity index (χ3n) is 3.86. The number of carbonyl (C=O) groups excluding carboxylic acids is 1. The Hall–Kier alpha value is -2.89. The summed E-state index contributed by atoms with van der Waals surface area (Å²) in [6, 6.07) is 22.7. The highest BCUT2D eigenvalue weighted by Gasteiger charge is 2.10. The fourth-order valence-electron chi connectivity index (χ4n) is 2.52. The van der Waals surface area contributed by atoms with Gasteiger partial charge in [0.15, 0.2) is 0 Å². The van der Waals surface area contributed by atoms with E-state index in [0.29, 0.717) is 0 Å².